The van der Waals surface area contributed by atoms with E-state index in [-0.39, 0.29) is 24.1 Å². The number of nitro benzene ring substituents is 1. The zero-order chi connectivity index (χ0) is 24.2. The van der Waals surface area contributed by atoms with Crippen molar-refractivity contribution in [2.24, 2.45) is 0 Å². The Morgan fingerprint density at radius 2 is 1.74 bits per heavy atom. The number of halogens is 2. The molecule has 0 unspecified atom stereocenters. The number of benzene rings is 3. The van der Waals surface area contributed by atoms with Gasteiger partial charge in [-0.2, -0.15) is 0 Å². The Hall–Kier alpha value is -3.33. The first-order valence-corrected chi connectivity index (χ1v) is 11.5. The molecule has 0 saturated carbocycles. The van der Waals surface area contributed by atoms with E-state index in [4.69, 9.17) is 27.9 Å². The smallest absolute Gasteiger partial charge is 0.293 e. The maximum absolute atomic E-state index is 12.8. The van der Waals surface area contributed by atoms with Gasteiger partial charge in [-0.25, -0.2) is 0 Å². The Kier molecular flexibility index (Phi) is 7.21. The van der Waals surface area contributed by atoms with E-state index in [0.29, 0.717) is 37.4 Å². The number of amides is 2. The standard InChI is InChI=1S/C24H16Cl2N2O5S/c25-19-10-7-16(11-20(19)26)13-27-23(29)22(34-24(27)30)12-15-5-8-18(9-6-15)33-14-17-3-1-2-4-21(17)28(31)32/h1-12H,13-14H2/b22-12-. The summed E-state index contributed by atoms with van der Waals surface area (Å²) in [6, 6.07) is 18.2. The van der Waals surface area contributed by atoms with Gasteiger partial charge in [0.25, 0.3) is 16.8 Å². The summed E-state index contributed by atoms with van der Waals surface area (Å²) in [5, 5.41) is 11.5. The molecule has 1 heterocycles. The summed E-state index contributed by atoms with van der Waals surface area (Å²) in [5.74, 6) is 0.126. The number of nitrogens with zero attached hydrogens (tertiary/aromatic N) is 2. The highest BCUT2D eigenvalue weighted by molar-refractivity contribution is 8.18. The third-order valence-electron chi connectivity index (χ3n) is 4.96. The number of hydrogen-bond donors (Lipinski definition) is 0. The van der Waals surface area contributed by atoms with Crippen LogP contribution >= 0.6 is 35.0 Å². The van der Waals surface area contributed by atoms with E-state index in [1.807, 2.05) is 0 Å². The van der Waals surface area contributed by atoms with Gasteiger partial charge in [0.05, 0.1) is 32.0 Å². The fourth-order valence-electron chi connectivity index (χ4n) is 3.24. The van der Waals surface area contributed by atoms with Gasteiger partial charge < -0.3 is 4.74 Å². The van der Waals surface area contributed by atoms with Crippen molar-refractivity contribution in [3.8, 4) is 5.75 Å². The second-order valence-corrected chi connectivity index (χ2v) is 9.07. The van der Waals surface area contributed by atoms with Crippen molar-refractivity contribution in [2.75, 3.05) is 0 Å². The molecule has 1 aliphatic rings. The van der Waals surface area contributed by atoms with E-state index in [1.165, 1.54) is 6.07 Å². The molecule has 1 fully saturated rings. The third-order valence-corrected chi connectivity index (χ3v) is 6.61. The highest BCUT2D eigenvalue weighted by Gasteiger charge is 2.35. The lowest BCUT2D eigenvalue weighted by atomic mass is 10.2. The average Bonchev–Trinajstić information content (AvgIpc) is 3.08. The van der Waals surface area contributed by atoms with Gasteiger partial charge in [0, 0.05) is 6.07 Å². The number of carbonyl (C=O) groups excluding carboxylic acids is 2. The van der Waals surface area contributed by atoms with Gasteiger partial charge in [0.2, 0.25) is 0 Å². The van der Waals surface area contributed by atoms with Gasteiger partial charge in [-0.15, -0.1) is 0 Å². The summed E-state index contributed by atoms with van der Waals surface area (Å²) < 4.78 is 5.67. The van der Waals surface area contributed by atoms with Crippen LogP contribution in [0.25, 0.3) is 6.08 Å². The molecule has 1 saturated heterocycles. The van der Waals surface area contributed by atoms with Crippen molar-refractivity contribution in [3.05, 3.63) is 108 Å². The molecule has 0 aromatic heterocycles. The summed E-state index contributed by atoms with van der Waals surface area (Å²) in [6.45, 7) is 0.140. The molecular formula is C24H16Cl2N2O5S. The zero-order valence-electron chi connectivity index (χ0n) is 17.4. The monoisotopic (exact) mass is 514 g/mol. The topological polar surface area (TPSA) is 89.7 Å². The number of nitro groups is 1. The zero-order valence-corrected chi connectivity index (χ0v) is 19.8. The first kappa shape index (κ1) is 23.8. The molecule has 3 aromatic rings. The van der Waals surface area contributed by atoms with Crippen LogP contribution in [0.15, 0.2) is 71.6 Å². The van der Waals surface area contributed by atoms with Gasteiger partial charge in [-0.1, -0.05) is 53.5 Å². The van der Waals surface area contributed by atoms with E-state index >= 15 is 0 Å². The Morgan fingerprint density at radius 3 is 2.44 bits per heavy atom. The number of thioether (sulfide) groups is 1. The molecule has 0 spiro atoms. The molecule has 0 atom stereocenters. The normalized spacial score (nSPS) is 14.6. The van der Waals surface area contributed by atoms with Crippen LogP contribution < -0.4 is 4.74 Å². The molecule has 7 nitrogen and oxygen atoms in total. The molecule has 2 amide bonds. The fraction of sp³-hybridized carbons (Fsp3) is 0.0833. The van der Waals surface area contributed by atoms with Crippen LogP contribution in [0, 0.1) is 10.1 Å². The lowest BCUT2D eigenvalue weighted by Crippen LogP contribution is -2.27. The maximum atomic E-state index is 12.8. The number of para-hydroxylation sites is 1. The molecule has 1 aliphatic heterocycles. The molecule has 4 rings (SSSR count). The van der Waals surface area contributed by atoms with Gasteiger partial charge in [-0.05, 0) is 59.3 Å². The molecule has 0 aliphatic carbocycles. The Balaban J connectivity index is 1.42. The molecule has 0 N–H and O–H groups in total. The SMILES string of the molecule is O=C1S/C(=C\c2ccc(OCc3ccccc3[N+](=O)[O-])cc2)C(=O)N1Cc1ccc(Cl)c(Cl)c1. The molecule has 10 heteroatoms. The molecule has 0 bridgehead atoms. The number of ether oxygens (including phenoxy) is 1. The predicted octanol–water partition coefficient (Wildman–Crippen LogP) is 6.72. The van der Waals surface area contributed by atoms with Gasteiger partial charge in [0.1, 0.15) is 12.4 Å². The van der Waals surface area contributed by atoms with Crippen LogP contribution in [-0.2, 0) is 17.9 Å². The van der Waals surface area contributed by atoms with Gasteiger partial charge in [0.15, 0.2) is 0 Å². The molecule has 172 valence electrons. The summed E-state index contributed by atoms with van der Waals surface area (Å²) in [5.41, 5.74) is 1.86. The van der Waals surface area contributed by atoms with Crippen LogP contribution in [0.2, 0.25) is 10.0 Å². The minimum absolute atomic E-state index is 0.00397. The van der Waals surface area contributed by atoms with E-state index in [1.54, 1.807) is 66.7 Å². The summed E-state index contributed by atoms with van der Waals surface area (Å²) in [6.07, 6.45) is 1.63. The second kappa shape index (κ2) is 10.3. The Labute approximate surface area is 209 Å². The Morgan fingerprint density at radius 1 is 1.00 bits per heavy atom. The molecule has 3 aromatic carbocycles. The minimum Gasteiger partial charge on any atom is -0.489 e. The van der Waals surface area contributed by atoms with Crippen molar-refractivity contribution in [3.63, 3.8) is 0 Å². The molecule has 34 heavy (non-hydrogen) atoms. The highest BCUT2D eigenvalue weighted by Crippen LogP contribution is 2.34. The highest BCUT2D eigenvalue weighted by atomic mass is 35.5. The number of imide groups is 1. The average molecular weight is 515 g/mol. The molecular weight excluding hydrogens is 499 g/mol. The van der Waals surface area contributed by atoms with Crippen molar-refractivity contribution in [1.29, 1.82) is 0 Å². The minimum atomic E-state index is -0.448. The van der Waals surface area contributed by atoms with E-state index in [2.05, 4.69) is 0 Å². The van der Waals surface area contributed by atoms with Crippen molar-refractivity contribution in [2.45, 2.75) is 13.2 Å². The predicted molar refractivity (Wildman–Crippen MR) is 132 cm³/mol. The largest absolute Gasteiger partial charge is 0.489 e. The van der Waals surface area contributed by atoms with Crippen molar-refractivity contribution >= 4 is 57.9 Å². The van der Waals surface area contributed by atoms with Gasteiger partial charge in [-0.3, -0.25) is 24.6 Å². The third kappa shape index (κ3) is 5.41. The van der Waals surface area contributed by atoms with Gasteiger partial charge >= 0.3 is 0 Å². The van der Waals surface area contributed by atoms with E-state index in [0.717, 1.165) is 16.7 Å². The summed E-state index contributed by atoms with van der Waals surface area (Å²) >= 11 is 12.8. The van der Waals surface area contributed by atoms with Crippen LogP contribution in [0.1, 0.15) is 16.7 Å². The van der Waals surface area contributed by atoms with Crippen molar-refractivity contribution in [1.82, 2.24) is 4.90 Å². The number of hydrogen-bond acceptors (Lipinski definition) is 6. The molecule has 0 radical (unpaired) electrons. The fourth-order valence-corrected chi connectivity index (χ4v) is 4.40. The first-order chi connectivity index (χ1) is 16.3. The quantitative estimate of drug-likeness (QED) is 0.197. The van der Waals surface area contributed by atoms with E-state index in [9.17, 15) is 19.7 Å². The maximum Gasteiger partial charge on any atom is 0.293 e. The van der Waals surface area contributed by atoms with E-state index < -0.39 is 10.8 Å². The Bertz CT molecular complexity index is 1310. The number of rotatable bonds is 7. The van der Waals surface area contributed by atoms with Crippen LogP contribution in [0.3, 0.4) is 0 Å². The van der Waals surface area contributed by atoms with Crippen LogP contribution in [-0.4, -0.2) is 21.0 Å². The van der Waals surface area contributed by atoms with Crippen LogP contribution in [0.4, 0.5) is 10.5 Å². The summed E-state index contributed by atoms with van der Waals surface area (Å²) in [7, 11) is 0. The first-order valence-electron chi connectivity index (χ1n) is 9.96. The second-order valence-electron chi connectivity index (χ2n) is 7.26. The van der Waals surface area contributed by atoms with Crippen molar-refractivity contribution < 1.29 is 19.2 Å². The number of carbonyl (C=O) groups is 2. The van der Waals surface area contributed by atoms with Crippen LogP contribution in [0.5, 0.6) is 5.75 Å². The lowest BCUT2D eigenvalue weighted by Gasteiger charge is -2.12. The lowest BCUT2D eigenvalue weighted by molar-refractivity contribution is -0.385. The summed E-state index contributed by atoms with van der Waals surface area (Å²) in [4.78, 5) is 37.3.